The fourth-order valence-electron chi connectivity index (χ4n) is 3.06. The first-order valence-electron chi connectivity index (χ1n) is 9.10. The molecule has 3 rings (SSSR count). The Bertz CT molecular complexity index is 1050. The maximum Gasteiger partial charge on any atom is 0.269 e. The number of rotatable bonds is 7. The fourth-order valence-corrected chi connectivity index (χ4v) is 3.97. The Morgan fingerprint density at radius 2 is 2.03 bits per heavy atom. The molecule has 0 spiro atoms. The molecule has 1 heterocycles. The highest BCUT2D eigenvalue weighted by atomic mass is 32.2. The maximum absolute atomic E-state index is 12.2. The van der Waals surface area contributed by atoms with Gasteiger partial charge >= 0.3 is 0 Å². The van der Waals surface area contributed by atoms with Crippen molar-refractivity contribution >= 4 is 29.3 Å². The quantitative estimate of drug-likeness (QED) is 0.522. The smallest absolute Gasteiger partial charge is 0.269 e. The molecule has 0 fully saturated rings. The third kappa shape index (κ3) is 5.24. The van der Waals surface area contributed by atoms with E-state index in [0.29, 0.717) is 17.1 Å². The first-order valence-corrected chi connectivity index (χ1v) is 10.1. The molecule has 0 radical (unpaired) electrons. The summed E-state index contributed by atoms with van der Waals surface area (Å²) in [7, 11) is 0. The molecule has 1 aliphatic rings. The van der Waals surface area contributed by atoms with Crippen LogP contribution in [0.4, 0.5) is 5.69 Å². The summed E-state index contributed by atoms with van der Waals surface area (Å²) in [5, 5.41) is 26.5. The number of amides is 2. The Labute approximate surface area is 177 Å². The lowest BCUT2D eigenvalue weighted by atomic mass is 9.87. The number of carbonyl (C=O) groups excluding carboxylic acids is 2. The van der Waals surface area contributed by atoms with Crippen LogP contribution < -0.4 is 10.6 Å². The molecule has 1 unspecified atom stereocenters. The molecular weight excluding hydrogens is 404 g/mol. The number of nitrogens with one attached hydrogen (secondary N) is 2. The normalized spacial score (nSPS) is 15.8. The zero-order valence-corrected chi connectivity index (χ0v) is 16.6. The molecule has 2 N–H and O–H groups in total. The van der Waals surface area contributed by atoms with Crippen LogP contribution in [0.15, 0.2) is 65.2 Å². The second-order valence-electron chi connectivity index (χ2n) is 6.56. The van der Waals surface area contributed by atoms with Crippen molar-refractivity contribution in [1.82, 2.24) is 10.6 Å². The average Bonchev–Trinajstić information content (AvgIpc) is 2.76. The van der Waals surface area contributed by atoms with E-state index in [9.17, 15) is 25.0 Å². The van der Waals surface area contributed by atoms with Crippen LogP contribution in [-0.2, 0) is 16.1 Å². The minimum absolute atomic E-state index is 0.00826. The van der Waals surface area contributed by atoms with Crippen molar-refractivity contribution in [2.75, 3.05) is 5.75 Å². The number of nitrogens with zero attached hydrogens (tertiary/aromatic N) is 2. The molecule has 152 valence electrons. The Hall–Kier alpha value is -3.64. The lowest BCUT2D eigenvalue weighted by Crippen LogP contribution is -2.32. The van der Waals surface area contributed by atoms with Crippen LogP contribution in [0.2, 0.25) is 0 Å². The molecule has 1 atom stereocenters. The molecule has 1 aliphatic heterocycles. The standard InChI is InChI=1S/C21H18N4O4S/c22-11-18-17(15-7-4-8-16(9-15)25(28)29)10-19(26)24-21(18)30-13-20(27)23-12-14-5-2-1-3-6-14/h1-9,17H,10,12-13H2,(H,23,27)(H,24,26). The summed E-state index contributed by atoms with van der Waals surface area (Å²) in [6.45, 7) is 0.382. The number of hydrogen-bond donors (Lipinski definition) is 2. The highest BCUT2D eigenvalue weighted by Gasteiger charge is 2.30. The summed E-state index contributed by atoms with van der Waals surface area (Å²) in [4.78, 5) is 34.9. The zero-order valence-electron chi connectivity index (χ0n) is 15.8. The fraction of sp³-hybridized carbons (Fsp3) is 0.190. The first-order chi connectivity index (χ1) is 14.5. The van der Waals surface area contributed by atoms with Crippen LogP contribution in [0, 0.1) is 21.4 Å². The third-order valence-corrected chi connectivity index (χ3v) is 5.54. The van der Waals surface area contributed by atoms with E-state index in [-0.39, 0.29) is 35.2 Å². The van der Waals surface area contributed by atoms with Gasteiger partial charge in [-0.15, -0.1) is 0 Å². The second kappa shape index (κ2) is 9.71. The minimum atomic E-state index is -0.599. The van der Waals surface area contributed by atoms with Crippen LogP contribution in [0.1, 0.15) is 23.5 Å². The van der Waals surface area contributed by atoms with Crippen molar-refractivity contribution in [2.24, 2.45) is 0 Å². The lowest BCUT2D eigenvalue weighted by molar-refractivity contribution is -0.384. The predicted octanol–water partition coefficient (Wildman–Crippen LogP) is 2.98. The summed E-state index contributed by atoms with van der Waals surface area (Å²) in [6, 6.07) is 17.5. The van der Waals surface area contributed by atoms with Crippen LogP contribution in [0.25, 0.3) is 0 Å². The van der Waals surface area contributed by atoms with Gasteiger partial charge in [-0.05, 0) is 11.1 Å². The molecule has 2 amide bonds. The van der Waals surface area contributed by atoms with Crippen molar-refractivity contribution in [3.63, 3.8) is 0 Å². The number of thioether (sulfide) groups is 1. The molecule has 8 nitrogen and oxygen atoms in total. The number of nitriles is 1. The van der Waals surface area contributed by atoms with Crippen molar-refractivity contribution in [3.05, 3.63) is 86.4 Å². The van der Waals surface area contributed by atoms with E-state index < -0.39 is 10.8 Å². The zero-order chi connectivity index (χ0) is 21.5. The van der Waals surface area contributed by atoms with Crippen molar-refractivity contribution in [1.29, 1.82) is 5.26 Å². The van der Waals surface area contributed by atoms with E-state index in [1.54, 1.807) is 6.07 Å². The molecule has 0 saturated carbocycles. The monoisotopic (exact) mass is 422 g/mol. The van der Waals surface area contributed by atoms with Gasteiger partial charge in [0.05, 0.1) is 27.3 Å². The van der Waals surface area contributed by atoms with Crippen LogP contribution in [-0.4, -0.2) is 22.5 Å². The third-order valence-electron chi connectivity index (χ3n) is 4.52. The van der Waals surface area contributed by atoms with E-state index in [4.69, 9.17) is 0 Å². The minimum Gasteiger partial charge on any atom is -0.351 e. The first kappa shape index (κ1) is 21.1. The highest BCUT2D eigenvalue weighted by Crippen LogP contribution is 2.36. The molecule has 0 saturated heterocycles. The van der Waals surface area contributed by atoms with Crippen molar-refractivity contribution < 1.29 is 14.5 Å². The molecular formula is C21H18N4O4S. The van der Waals surface area contributed by atoms with Crippen LogP contribution in [0.5, 0.6) is 0 Å². The van der Waals surface area contributed by atoms with Gasteiger partial charge in [0, 0.05) is 31.0 Å². The van der Waals surface area contributed by atoms with Crippen LogP contribution in [0.3, 0.4) is 0 Å². The topological polar surface area (TPSA) is 125 Å². The van der Waals surface area contributed by atoms with Crippen molar-refractivity contribution in [3.8, 4) is 6.07 Å². The Balaban J connectivity index is 1.72. The number of hydrogen-bond acceptors (Lipinski definition) is 6. The molecule has 0 bridgehead atoms. The Morgan fingerprint density at radius 1 is 1.27 bits per heavy atom. The molecule has 9 heteroatoms. The number of non-ortho nitro benzene ring substituents is 1. The molecule has 0 aliphatic carbocycles. The van der Waals surface area contributed by atoms with Gasteiger partial charge in [0.25, 0.3) is 5.69 Å². The molecule has 0 aromatic heterocycles. The van der Waals surface area contributed by atoms with Crippen molar-refractivity contribution in [2.45, 2.75) is 18.9 Å². The van der Waals surface area contributed by atoms with Gasteiger partial charge in [-0.25, -0.2) is 0 Å². The Kier molecular flexibility index (Phi) is 6.83. The lowest BCUT2D eigenvalue weighted by Gasteiger charge is -2.24. The maximum atomic E-state index is 12.2. The van der Waals surface area contributed by atoms with E-state index in [1.165, 1.54) is 18.2 Å². The van der Waals surface area contributed by atoms with Gasteiger partial charge in [0.2, 0.25) is 11.8 Å². The number of benzene rings is 2. The largest absolute Gasteiger partial charge is 0.351 e. The second-order valence-corrected chi connectivity index (χ2v) is 7.55. The summed E-state index contributed by atoms with van der Waals surface area (Å²) >= 11 is 1.07. The van der Waals surface area contributed by atoms with Gasteiger partial charge in [0.15, 0.2) is 0 Å². The predicted molar refractivity (Wildman–Crippen MR) is 112 cm³/mol. The van der Waals surface area contributed by atoms with Gasteiger partial charge in [-0.3, -0.25) is 19.7 Å². The number of nitro groups is 1. The number of carbonyl (C=O) groups is 2. The Morgan fingerprint density at radius 3 is 2.73 bits per heavy atom. The summed E-state index contributed by atoms with van der Waals surface area (Å²) < 4.78 is 0. The van der Waals surface area contributed by atoms with Gasteiger partial charge in [0.1, 0.15) is 0 Å². The molecule has 30 heavy (non-hydrogen) atoms. The van der Waals surface area contributed by atoms with Gasteiger partial charge in [-0.1, -0.05) is 54.2 Å². The average molecular weight is 422 g/mol. The van der Waals surface area contributed by atoms with Gasteiger partial charge < -0.3 is 10.6 Å². The van der Waals surface area contributed by atoms with Crippen LogP contribution >= 0.6 is 11.8 Å². The van der Waals surface area contributed by atoms with Gasteiger partial charge in [-0.2, -0.15) is 5.26 Å². The van der Waals surface area contributed by atoms with E-state index in [0.717, 1.165) is 17.3 Å². The number of allylic oxidation sites excluding steroid dienone is 1. The van der Waals surface area contributed by atoms with E-state index >= 15 is 0 Å². The molecule has 2 aromatic rings. The summed E-state index contributed by atoms with van der Waals surface area (Å²) in [6.07, 6.45) is 0.00826. The molecule has 2 aromatic carbocycles. The summed E-state index contributed by atoms with van der Waals surface area (Å²) in [5.74, 6) is -1.12. The SMILES string of the molecule is N#CC1=C(SCC(=O)NCc2ccccc2)NC(=O)CC1c1cccc([N+](=O)[O-])c1. The number of nitro benzene ring substituents is 1. The van der Waals surface area contributed by atoms with E-state index in [1.807, 2.05) is 30.3 Å². The van der Waals surface area contributed by atoms with E-state index in [2.05, 4.69) is 16.7 Å². The summed E-state index contributed by atoms with van der Waals surface area (Å²) in [5.41, 5.74) is 1.66. The highest BCUT2D eigenvalue weighted by molar-refractivity contribution is 8.03.